The number of aliphatic carboxylic acids is 1. The van der Waals surface area contributed by atoms with Gasteiger partial charge in [0.25, 0.3) is 0 Å². The van der Waals surface area contributed by atoms with E-state index in [-0.39, 0.29) is 20.8 Å². The van der Waals surface area contributed by atoms with Gasteiger partial charge in [0.2, 0.25) is 10.8 Å². The molecule has 0 aromatic heterocycles. The Morgan fingerprint density at radius 2 is 1.94 bits per heavy atom. The molecule has 4 nitrogen and oxygen atoms in total. The van der Waals surface area contributed by atoms with Crippen LogP contribution in [0.25, 0.3) is 0 Å². The smallest absolute Gasteiger partial charge is 0.310 e. The molecule has 0 aliphatic rings. The predicted octanol–water partition coefficient (Wildman–Crippen LogP) is 1.41. The van der Waals surface area contributed by atoms with Gasteiger partial charge in [0.15, 0.2) is 0 Å². The number of halogens is 1. The summed E-state index contributed by atoms with van der Waals surface area (Å²) < 4.78 is 0. The quantitative estimate of drug-likeness (QED) is 0.290. The van der Waals surface area contributed by atoms with Crippen LogP contribution in [0.2, 0.25) is 0 Å². The predicted molar refractivity (Wildman–Crippen MR) is 82.5 cm³/mol. The van der Waals surface area contributed by atoms with Crippen molar-refractivity contribution in [3.8, 4) is 0 Å². The van der Waals surface area contributed by atoms with E-state index >= 15 is 0 Å². The number of amides is 1. The highest BCUT2D eigenvalue weighted by Crippen LogP contribution is 2.23. The SMILES string of the molecule is C=CCN(CC=C)C(=O)CC(PBI)C(=O)O. The van der Waals surface area contributed by atoms with Crippen LogP contribution in [-0.4, -0.2) is 45.5 Å². The molecule has 0 saturated carbocycles. The third kappa shape index (κ3) is 6.83. The van der Waals surface area contributed by atoms with E-state index in [1.165, 1.54) is 0 Å². The van der Waals surface area contributed by atoms with E-state index in [0.717, 1.165) is 4.86 Å². The van der Waals surface area contributed by atoms with Gasteiger partial charge in [0, 0.05) is 19.5 Å². The minimum absolute atomic E-state index is 0.0540. The van der Waals surface area contributed by atoms with Crippen LogP contribution in [0.4, 0.5) is 0 Å². The molecule has 0 bridgehead atoms. The molecule has 0 radical (unpaired) electrons. The highest BCUT2D eigenvalue weighted by atomic mass is 127. The van der Waals surface area contributed by atoms with Crippen LogP contribution in [0.3, 0.4) is 0 Å². The molecule has 0 aromatic rings. The molecule has 2 atom stereocenters. The second kappa shape index (κ2) is 9.65. The molecule has 1 amide bonds. The van der Waals surface area contributed by atoms with E-state index in [4.69, 9.17) is 5.11 Å². The number of carboxylic acid groups (broad SMARTS) is 1. The zero-order valence-electron chi connectivity index (χ0n) is 9.56. The maximum absolute atomic E-state index is 11.9. The highest BCUT2D eigenvalue weighted by molar-refractivity contribution is 14.1. The Morgan fingerprint density at radius 1 is 1.41 bits per heavy atom. The fourth-order valence-electron chi connectivity index (χ4n) is 1.23. The van der Waals surface area contributed by atoms with Crippen molar-refractivity contribution in [3.05, 3.63) is 25.3 Å². The molecule has 0 aliphatic heterocycles. The monoisotopic (exact) mass is 367 g/mol. The summed E-state index contributed by atoms with van der Waals surface area (Å²) in [6, 6.07) is 0. The van der Waals surface area contributed by atoms with Crippen LogP contribution in [0.15, 0.2) is 25.3 Å². The van der Waals surface area contributed by atoms with Crippen LogP contribution >= 0.6 is 30.8 Å². The lowest BCUT2D eigenvalue weighted by Gasteiger charge is -2.21. The Bertz CT molecular complexity index is 291. The molecule has 94 valence electrons. The number of carbonyl (C=O) groups excluding carboxylic acids is 1. The van der Waals surface area contributed by atoms with E-state index in [1.807, 2.05) is 0 Å². The zero-order valence-corrected chi connectivity index (χ0v) is 12.7. The van der Waals surface area contributed by atoms with Crippen LogP contribution in [0.1, 0.15) is 6.42 Å². The van der Waals surface area contributed by atoms with Crippen molar-refractivity contribution in [3.63, 3.8) is 0 Å². The molecular formula is C10H16BINO3P. The number of carbonyl (C=O) groups is 2. The molecule has 0 saturated heterocycles. The highest BCUT2D eigenvalue weighted by Gasteiger charge is 2.23. The molecule has 0 aliphatic carbocycles. The number of hydrogen-bond donors (Lipinski definition) is 1. The van der Waals surface area contributed by atoms with Crippen molar-refractivity contribution >= 4 is 47.6 Å². The second-order valence-electron chi connectivity index (χ2n) is 3.31. The average Bonchev–Trinajstić information content (AvgIpc) is 2.28. The number of rotatable bonds is 9. The van der Waals surface area contributed by atoms with Crippen molar-refractivity contribution in [2.24, 2.45) is 0 Å². The molecule has 0 heterocycles. The van der Waals surface area contributed by atoms with Crippen LogP contribution in [0, 0.1) is 0 Å². The summed E-state index contributed by atoms with van der Waals surface area (Å²) in [5.74, 6) is -1.06. The Kier molecular flexibility index (Phi) is 9.45. The first-order valence-corrected chi connectivity index (χ1v) is 7.89. The fraction of sp³-hybridized carbons (Fsp3) is 0.400. The van der Waals surface area contributed by atoms with Crippen LogP contribution < -0.4 is 0 Å². The topological polar surface area (TPSA) is 57.6 Å². The van der Waals surface area contributed by atoms with Gasteiger partial charge in [0.1, 0.15) is 0 Å². The van der Waals surface area contributed by atoms with E-state index in [2.05, 4.69) is 35.5 Å². The van der Waals surface area contributed by atoms with Gasteiger partial charge in [-0.25, -0.2) is 0 Å². The van der Waals surface area contributed by atoms with Crippen molar-refractivity contribution in [2.75, 3.05) is 13.1 Å². The molecule has 0 fully saturated rings. The van der Waals surface area contributed by atoms with Crippen LogP contribution in [0.5, 0.6) is 0 Å². The zero-order chi connectivity index (χ0) is 13.3. The first-order valence-electron chi connectivity index (χ1n) is 5.08. The van der Waals surface area contributed by atoms with E-state index in [0.29, 0.717) is 13.1 Å². The van der Waals surface area contributed by atoms with Crippen molar-refractivity contribution < 1.29 is 14.7 Å². The van der Waals surface area contributed by atoms with Gasteiger partial charge in [0.05, 0.1) is 5.66 Å². The Morgan fingerprint density at radius 3 is 2.29 bits per heavy atom. The maximum atomic E-state index is 11.9. The Labute approximate surface area is 117 Å². The summed E-state index contributed by atoms with van der Waals surface area (Å²) in [6.45, 7) is 7.99. The number of carboxylic acids is 1. The first kappa shape index (κ1) is 16.6. The largest absolute Gasteiger partial charge is 0.481 e. The number of nitrogens with zero attached hydrogens (tertiary/aromatic N) is 1. The van der Waals surface area contributed by atoms with Gasteiger partial charge in [-0.2, -0.15) is 0 Å². The molecule has 7 heteroatoms. The van der Waals surface area contributed by atoms with Crippen molar-refractivity contribution in [2.45, 2.75) is 12.1 Å². The van der Waals surface area contributed by atoms with Gasteiger partial charge in [-0.15, -0.1) is 44.0 Å². The van der Waals surface area contributed by atoms with Gasteiger partial charge < -0.3 is 10.0 Å². The van der Waals surface area contributed by atoms with Crippen molar-refractivity contribution in [1.82, 2.24) is 4.90 Å². The lowest BCUT2D eigenvalue weighted by atomic mass is 10.2. The maximum Gasteiger partial charge on any atom is 0.310 e. The molecule has 0 rings (SSSR count). The Hall–Kier alpha value is -0.355. The van der Waals surface area contributed by atoms with Gasteiger partial charge in [-0.3, -0.25) is 9.59 Å². The van der Waals surface area contributed by atoms with Gasteiger partial charge >= 0.3 is 5.97 Å². The van der Waals surface area contributed by atoms with Crippen LogP contribution in [-0.2, 0) is 9.59 Å². The average molecular weight is 367 g/mol. The summed E-state index contributed by atoms with van der Waals surface area (Å²) in [6.07, 6.45) is 3.30. The Balaban J connectivity index is 4.48. The normalized spacial score (nSPS) is 12.1. The fourth-order valence-corrected chi connectivity index (χ4v) is 3.51. The van der Waals surface area contributed by atoms with E-state index < -0.39 is 11.6 Å². The van der Waals surface area contributed by atoms with Crippen molar-refractivity contribution in [1.29, 1.82) is 0 Å². The summed E-state index contributed by atoms with van der Waals surface area (Å²) in [4.78, 5) is 25.1. The minimum atomic E-state index is -0.898. The molecule has 0 spiro atoms. The molecule has 1 N–H and O–H groups in total. The summed E-state index contributed by atoms with van der Waals surface area (Å²) in [5.41, 5.74) is -0.573. The van der Waals surface area contributed by atoms with E-state index in [1.54, 1.807) is 17.1 Å². The third-order valence-electron chi connectivity index (χ3n) is 2.05. The molecule has 0 aromatic carbocycles. The molecule has 17 heavy (non-hydrogen) atoms. The van der Waals surface area contributed by atoms with Gasteiger partial charge in [-0.1, -0.05) is 12.2 Å². The summed E-state index contributed by atoms with van der Waals surface area (Å²) in [7, 11) is 0.264. The van der Waals surface area contributed by atoms with Gasteiger partial charge in [-0.05, 0) is 0 Å². The summed E-state index contributed by atoms with van der Waals surface area (Å²) in [5, 5.41) is 8.99. The second-order valence-corrected chi connectivity index (χ2v) is 6.97. The van der Waals surface area contributed by atoms with E-state index in [9.17, 15) is 9.59 Å². The number of hydrogen-bond acceptors (Lipinski definition) is 2. The lowest BCUT2D eigenvalue weighted by Crippen LogP contribution is -2.34. The summed E-state index contributed by atoms with van der Waals surface area (Å²) >= 11 is 2.13. The standard InChI is InChI=1S/C10H16BINO3P/c1-3-5-13(6-4-2)9(14)7-8(10(15)16)17-11-12/h3-4,8,11,17H,1-2,5-7H2,(H,15,16). The first-order chi connectivity index (χ1) is 8.06. The third-order valence-corrected chi connectivity index (χ3v) is 4.47. The molecular weight excluding hydrogens is 351 g/mol. The lowest BCUT2D eigenvalue weighted by molar-refractivity contribution is -0.140. The molecule has 2 unspecified atom stereocenters. The minimum Gasteiger partial charge on any atom is -0.481 e.